The van der Waals surface area contributed by atoms with Crippen molar-refractivity contribution in [3.63, 3.8) is 0 Å². The minimum Gasteiger partial charge on any atom is -0.479 e. The maximum atomic E-state index is 11.7. The van der Waals surface area contributed by atoms with Crippen LogP contribution in [0.2, 0.25) is 0 Å². The van der Waals surface area contributed by atoms with E-state index in [-0.39, 0.29) is 12.3 Å². The lowest BCUT2D eigenvalue weighted by atomic mass is 10.1. The van der Waals surface area contributed by atoms with Gasteiger partial charge in [0.05, 0.1) is 6.42 Å². The summed E-state index contributed by atoms with van der Waals surface area (Å²) in [5.41, 5.74) is 1.18. The highest BCUT2D eigenvalue weighted by Crippen LogP contribution is 2.25. The zero-order chi connectivity index (χ0) is 12.4. The first-order chi connectivity index (χ1) is 8.09. The summed E-state index contributed by atoms with van der Waals surface area (Å²) >= 11 is 0. The Morgan fingerprint density at radius 1 is 1.41 bits per heavy atom. The number of carbonyl (C=O) groups is 2. The van der Waals surface area contributed by atoms with Crippen molar-refractivity contribution in [2.45, 2.75) is 19.4 Å². The third-order valence-corrected chi connectivity index (χ3v) is 2.53. The molecule has 1 atom stereocenters. The lowest BCUT2D eigenvalue weighted by molar-refractivity contribution is -0.149. The number of rotatable bonds is 3. The Hall–Kier alpha value is -2.17. The highest BCUT2D eigenvalue weighted by Gasteiger charge is 2.34. The molecule has 1 N–H and O–H groups in total. The van der Waals surface area contributed by atoms with Crippen LogP contribution in [0, 0.1) is 0 Å². The second kappa shape index (κ2) is 4.37. The molecule has 1 amide bonds. The summed E-state index contributed by atoms with van der Waals surface area (Å²) in [5, 5.41) is 14.3. The van der Waals surface area contributed by atoms with Crippen molar-refractivity contribution in [1.82, 2.24) is 5.01 Å². The zero-order valence-corrected chi connectivity index (χ0v) is 9.33. The first kappa shape index (κ1) is 11.3. The van der Waals surface area contributed by atoms with Crippen molar-refractivity contribution in [3.05, 3.63) is 35.9 Å². The van der Waals surface area contributed by atoms with Crippen molar-refractivity contribution >= 4 is 17.6 Å². The van der Waals surface area contributed by atoms with Crippen LogP contribution in [-0.2, 0) is 9.59 Å². The first-order valence-corrected chi connectivity index (χ1v) is 5.23. The van der Waals surface area contributed by atoms with Crippen molar-refractivity contribution < 1.29 is 14.7 Å². The molecule has 1 heterocycles. The van der Waals surface area contributed by atoms with Gasteiger partial charge in [0.25, 0.3) is 0 Å². The Bertz CT molecular complexity index is 482. The van der Waals surface area contributed by atoms with E-state index >= 15 is 0 Å². The summed E-state index contributed by atoms with van der Waals surface area (Å²) in [6, 6.07) is 7.58. The summed E-state index contributed by atoms with van der Waals surface area (Å²) < 4.78 is 0. The monoisotopic (exact) mass is 232 g/mol. The Balaban J connectivity index is 2.37. The van der Waals surface area contributed by atoms with Gasteiger partial charge < -0.3 is 5.11 Å². The number of amides is 1. The Kier molecular flexibility index (Phi) is 2.91. The number of hydrazone groups is 1. The lowest BCUT2D eigenvalue weighted by Crippen LogP contribution is -2.32. The van der Waals surface area contributed by atoms with Crippen LogP contribution in [-0.4, -0.2) is 27.7 Å². The van der Waals surface area contributed by atoms with Crippen LogP contribution in [0.15, 0.2) is 35.4 Å². The standard InChI is InChI=1S/C12H12N2O3/c1-8-7-10(15)14(13-8)11(12(16)17)9-5-3-2-4-6-9/h2-6,11H,7H2,1H3,(H,16,17). The fourth-order valence-corrected chi connectivity index (χ4v) is 1.80. The number of benzene rings is 1. The zero-order valence-electron chi connectivity index (χ0n) is 9.33. The van der Waals surface area contributed by atoms with Crippen LogP contribution < -0.4 is 0 Å². The number of hydrogen-bond acceptors (Lipinski definition) is 3. The molecule has 0 saturated carbocycles. The fraction of sp³-hybridized carbons (Fsp3) is 0.250. The molecule has 1 aromatic rings. The molecule has 1 unspecified atom stereocenters. The molecule has 0 aromatic heterocycles. The molecule has 2 rings (SSSR count). The first-order valence-electron chi connectivity index (χ1n) is 5.23. The van der Waals surface area contributed by atoms with Gasteiger partial charge in [-0.1, -0.05) is 30.3 Å². The molecule has 5 nitrogen and oxygen atoms in total. The minimum absolute atomic E-state index is 0.191. The van der Waals surface area contributed by atoms with Crippen molar-refractivity contribution in [2.24, 2.45) is 5.10 Å². The van der Waals surface area contributed by atoms with E-state index < -0.39 is 12.0 Å². The number of hydrogen-bond donors (Lipinski definition) is 1. The van der Waals surface area contributed by atoms with E-state index in [1.807, 2.05) is 0 Å². The molecule has 0 radical (unpaired) electrons. The molecule has 0 fully saturated rings. The third kappa shape index (κ3) is 2.18. The van der Waals surface area contributed by atoms with Gasteiger partial charge in [-0.05, 0) is 12.5 Å². The number of carboxylic acid groups (broad SMARTS) is 1. The van der Waals surface area contributed by atoms with Crippen LogP contribution in [0.1, 0.15) is 24.9 Å². The van der Waals surface area contributed by atoms with Crippen LogP contribution >= 0.6 is 0 Å². The van der Waals surface area contributed by atoms with Gasteiger partial charge in [-0.2, -0.15) is 5.10 Å². The average Bonchev–Trinajstić information content (AvgIpc) is 2.59. The molecule has 1 aromatic carbocycles. The van der Waals surface area contributed by atoms with E-state index in [9.17, 15) is 14.7 Å². The van der Waals surface area contributed by atoms with Crippen molar-refractivity contribution in [2.75, 3.05) is 0 Å². The van der Waals surface area contributed by atoms with Crippen LogP contribution in [0.25, 0.3) is 0 Å². The van der Waals surface area contributed by atoms with Gasteiger partial charge in [0.15, 0.2) is 6.04 Å². The van der Waals surface area contributed by atoms with Crippen molar-refractivity contribution in [3.8, 4) is 0 Å². The molecule has 0 spiro atoms. The second-order valence-corrected chi connectivity index (χ2v) is 3.90. The summed E-state index contributed by atoms with van der Waals surface area (Å²) in [6.45, 7) is 1.71. The van der Waals surface area contributed by atoms with Gasteiger partial charge in [-0.15, -0.1) is 0 Å². The molecule has 17 heavy (non-hydrogen) atoms. The summed E-state index contributed by atoms with van der Waals surface area (Å²) in [5.74, 6) is -1.36. The van der Waals surface area contributed by atoms with E-state index in [0.717, 1.165) is 5.01 Å². The van der Waals surface area contributed by atoms with Gasteiger partial charge >= 0.3 is 5.97 Å². The SMILES string of the molecule is CC1=NN(C(C(=O)O)c2ccccc2)C(=O)C1. The molecule has 1 aliphatic heterocycles. The summed E-state index contributed by atoms with van der Waals surface area (Å²) in [4.78, 5) is 22.9. The summed E-state index contributed by atoms with van der Waals surface area (Å²) in [7, 11) is 0. The molecule has 0 bridgehead atoms. The van der Waals surface area contributed by atoms with E-state index in [2.05, 4.69) is 5.10 Å². The quantitative estimate of drug-likeness (QED) is 0.856. The molecule has 0 saturated heterocycles. The normalized spacial score (nSPS) is 16.9. The fourth-order valence-electron chi connectivity index (χ4n) is 1.80. The van der Waals surface area contributed by atoms with Crippen LogP contribution in [0.4, 0.5) is 0 Å². The second-order valence-electron chi connectivity index (χ2n) is 3.90. The number of aliphatic carboxylic acids is 1. The van der Waals surface area contributed by atoms with Crippen molar-refractivity contribution in [1.29, 1.82) is 0 Å². The predicted octanol–water partition coefficient (Wildman–Crippen LogP) is 1.42. The van der Waals surface area contributed by atoms with E-state index in [1.54, 1.807) is 37.3 Å². The maximum absolute atomic E-state index is 11.7. The lowest BCUT2D eigenvalue weighted by Gasteiger charge is -2.20. The average molecular weight is 232 g/mol. The van der Waals surface area contributed by atoms with Gasteiger partial charge in [0.1, 0.15) is 0 Å². The Morgan fingerprint density at radius 3 is 2.53 bits per heavy atom. The van der Waals surface area contributed by atoms with E-state index in [4.69, 9.17) is 0 Å². The molecule has 88 valence electrons. The van der Waals surface area contributed by atoms with E-state index in [0.29, 0.717) is 11.3 Å². The van der Waals surface area contributed by atoms with Gasteiger partial charge in [-0.3, -0.25) is 4.79 Å². The summed E-state index contributed by atoms with van der Waals surface area (Å²) in [6.07, 6.45) is 0.191. The third-order valence-electron chi connectivity index (χ3n) is 2.53. The van der Waals surface area contributed by atoms with Gasteiger partial charge in [0, 0.05) is 5.71 Å². The number of carboxylic acids is 1. The molecule has 5 heteroatoms. The van der Waals surface area contributed by atoms with Crippen LogP contribution in [0.3, 0.4) is 0 Å². The highest BCUT2D eigenvalue weighted by atomic mass is 16.4. The Labute approximate surface area is 98.4 Å². The van der Waals surface area contributed by atoms with Gasteiger partial charge in [-0.25, -0.2) is 9.80 Å². The number of nitrogens with zero attached hydrogens (tertiary/aromatic N) is 2. The minimum atomic E-state index is -1.08. The number of carbonyl (C=O) groups excluding carboxylic acids is 1. The largest absolute Gasteiger partial charge is 0.479 e. The highest BCUT2D eigenvalue weighted by molar-refractivity contribution is 6.05. The molecular formula is C12H12N2O3. The smallest absolute Gasteiger partial charge is 0.333 e. The van der Waals surface area contributed by atoms with E-state index in [1.165, 1.54) is 0 Å². The molecular weight excluding hydrogens is 220 g/mol. The predicted molar refractivity (Wildman–Crippen MR) is 61.4 cm³/mol. The van der Waals surface area contributed by atoms with Crippen LogP contribution in [0.5, 0.6) is 0 Å². The topological polar surface area (TPSA) is 70.0 Å². The Morgan fingerprint density at radius 2 is 2.06 bits per heavy atom. The van der Waals surface area contributed by atoms with Gasteiger partial charge in [0.2, 0.25) is 5.91 Å². The maximum Gasteiger partial charge on any atom is 0.333 e. The molecule has 1 aliphatic rings. The molecule has 0 aliphatic carbocycles.